The van der Waals surface area contributed by atoms with Crippen molar-refractivity contribution in [3.05, 3.63) is 12.8 Å². The zero-order valence-electron chi connectivity index (χ0n) is 11.9. The second kappa shape index (κ2) is 9.13. The first-order chi connectivity index (χ1) is 9.30. The molecule has 3 N–H and O–H groups in total. The van der Waals surface area contributed by atoms with E-state index in [0.717, 1.165) is 38.8 Å². The summed E-state index contributed by atoms with van der Waals surface area (Å²) in [4.78, 5) is 12.9. The van der Waals surface area contributed by atoms with Crippen LogP contribution in [0.2, 0.25) is 0 Å². The largest absolute Gasteiger partial charge is 0.354 e. The van der Waals surface area contributed by atoms with Gasteiger partial charge >= 0.3 is 0 Å². The molecule has 0 saturated heterocycles. The first-order valence-electron chi connectivity index (χ1n) is 6.91. The number of rotatable bonds is 10. The molecule has 0 radical (unpaired) electrons. The van der Waals surface area contributed by atoms with Gasteiger partial charge in [-0.25, -0.2) is 0 Å². The van der Waals surface area contributed by atoms with Crippen molar-refractivity contribution in [2.45, 2.75) is 39.5 Å². The molecule has 0 amide bonds. The van der Waals surface area contributed by atoms with E-state index < -0.39 is 0 Å². The van der Waals surface area contributed by atoms with E-state index in [1.165, 1.54) is 0 Å². The molecule has 0 aliphatic rings. The van der Waals surface area contributed by atoms with Gasteiger partial charge in [0.15, 0.2) is 0 Å². The SMILES string of the molecule is C=CNc1nc(NCCCC)nc(NCCCC)n1. The quantitative estimate of drug-likeness (QED) is 0.564. The van der Waals surface area contributed by atoms with Crippen LogP contribution in [0.15, 0.2) is 12.8 Å². The van der Waals surface area contributed by atoms with Crippen molar-refractivity contribution in [2.24, 2.45) is 0 Å². The van der Waals surface area contributed by atoms with Gasteiger partial charge in [-0.2, -0.15) is 15.0 Å². The van der Waals surface area contributed by atoms with Crippen LogP contribution in [0, 0.1) is 0 Å². The van der Waals surface area contributed by atoms with Crippen LogP contribution in [-0.4, -0.2) is 28.0 Å². The highest BCUT2D eigenvalue weighted by molar-refractivity contribution is 5.43. The van der Waals surface area contributed by atoms with Crippen molar-refractivity contribution in [1.82, 2.24) is 15.0 Å². The Morgan fingerprint density at radius 2 is 1.37 bits per heavy atom. The highest BCUT2D eigenvalue weighted by Gasteiger charge is 2.04. The minimum Gasteiger partial charge on any atom is -0.354 e. The van der Waals surface area contributed by atoms with Crippen LogP contribution in [0.25, 0.3) is 0 Å². The molecule has 1 aromatic heterocycles. The Kier molecular flexibility index (Phi) is 7.31. The van der Waals surface area contributed by atoms with Crippen LogP contribution in [0.1, 0.15) is 39.5 Å². The topological polar surface area (TPSA) is 74.8 Å². The number of anilines is 3. The Balaban J connectivity index is 2.68. The summed E-state index contributed by atoms with van der Waals surface area (Å²) < 4.78 is 0. The lowest BCUT2D eigenvalue weighted by Gasteiger charge is -2.09. The summed E-state index contributed by atoms with van der Waals surface area (Å²) in [5.74, 6) is 1.68. The molecule has 0 bridgehead atoms. The van der Waals surface area contributed by atoms with Crippen LogP contribution in [0.5, 0.6) is 0 Å². The Morgan fingerprint density at radius 1 is 0.895 bits per heavy atom. The Hall–Kier alpha value is -1.85. The van der Waals surface area contributed by atoms with Gasteiger partial charge in [0.2, 0.25) is 17.8 Å². The van der Waals surface area contributed by atoms with Crippen molar-refractivity contribution in [2.75, 3.05) is 29.0 Å². The molecule has 6 heteroatoms. The first kappa shape index (κ1) is 15.2. The predicted molar refractivity (Wildman–Crippen MR) is 80.4 cm³/mol. The van der Waals surface area contributed by atoms with E-state index in [9.17, 15) is 0 Å². The smallest absolute Gasteiger partial charge is 0.233 e. The molecule has 1 aromatic rings. The van der Waals surface area contributed by atoms with Crippen LogP contribution < -0.4 is 16.0 Å². The van der Waals surface area contributed by atoms with Gasteiger partial charge in [0.1, 0.15) is 0 Å². The first-order valence-corrected chi connectivity index (χ1v) is 6.91. The molecule has 0 spiro atoms. The van der Waals surface area contributed by atoms with Crippen LogP contribution in [-0.2, 0) is 0 Å². The molecule has 1 heterocycles. The number of hydrogen-bond acceptors (Lipinski definition) is 6. The highest BCUT2D eigenvalue weighted by atomic mass is 15.3. The molecule has 0 saturated carbocycles. The van der Waals surface area contributed by atoms with Crippen molar-refractivity contribution < 1.29 is 0 Å². The predicted octanol–water partition coefficient (Wildman–Crippen LogP) is 2.85. The zero-order chi connectivity index (χ0) is 13.9. The Bertz CT molecular complexity index is 351. The molecular weight excluding hydrogens is 240 g/mol. The van der Waals surface area contributed by atoms with Gasteiger partial charge < -0.3 is 16.0 Å². The summed E-state index contributed by atoms with van der Waals surface area (Å²) in [5.41, 5.74) is 0. The van der Waals surface area contributed by atoms with E-state index in [1.54, 1.807) is 6.20 Å². The van der Waals surface area contributed by atoms with Crippen LogP contribution >= 0.6 is 0 Å². The Labute approximate surface area is 115 Å². The summed E-state index contributed by atoms with van der Waals surface area (Å²) in [6.07, 6.45) is 6.01. The third-order valence-corrected chi connectivity index (χ3v) is 2.49. The Morgan fingerprint density at radius 3 is 1.79 bits per heavy atom. The summed E-state index contributed by atoms with van der Waals surface area (Å²) in [5, 5.41) is 9.29. The molecule has 0 aromatic carbocycles. The average molecular weight is 264 g/mol. The van der Waals surface area contributed by atoms with Crippen molar-refractivity contribution in [3.63, 3.8) is 0 Å². The normalized spacial score (nSPS) is 10.0. The monoisotopic (exact) mass is 264 g/mol. The number of hydrogen-bond donors (Lipinski definition) is 3. The molecule has 6 nitrogen and oxygen atoms in total. The molecule has 0 fully saturated rings. The van der Waals surface area contributed by atoms with E-state index in [0.29, 0.717) is 17.8 Å². The zero-order valence-corrected chi connectivity index (χ0v) is 11.9. The lowest BCUT2D eigenvalue weighted by atomic mass is 10.3. The molecule has 106 valence electrons. The van der Waals surface area contributed by atoms with Gasteiger partial charge in [0.25, 0.3) is 0 Å². The van der Waals surface area contributed by atoms with Crippen molar-refractivity contribution >= 4 is 17.8 Å². The maximum atomic E-state index is 4.34. The van der Waals surface area contributed by atoms with Gasteiger partial charge in [-0.3, -0.25) is 0 Å². The third-order valence-electron chi connectivity index (χ3n) is 2.49. The second-order valence-corrected chi connectivity index (χ2v) is 4.22. The molecule has 0 aliphatic heterocycles. The third kappa shape index (κ3) is 6.03. The fraction of sp³-hybridized carbons (Fsp3) is 0.615. The standard InChI is InChI=1S/C13H24N6/c1-4-7-9-15-12-17-11(14-6-3)18-13(19-12)16-10-8-5-2/h6H,3-5,7-10H2,1-2H3,(H3,14,15,16,17,18,19). The summed E-state index contributed by atoms with van der Waals surface area (Å²) in [6, 6.07) is 0. The van der Waals surface area contributed by atoms with Gasteiger partial charge in [0.05, 0.1) is 0 Å². The van der Waals surface area contributed by atoms with Gasteiger partial charge in [-0.1, -0.05) is 33.3 Å². The average Bonchev–Trinajstić information content (AvgIpc) is 2.40. The summed E-state index contributed by atoms with van der Waals surface area (Å²) >= 11 is 0. The van der Waals surface area contributed by atoms with E-state index in [-0.39, 0.29) is 0 Å². The van der Waals surface area contributed by atoms with Crippen LogP contribution in [0.3, 0.4) is 0 Å². The number of aromatic nitrogens is 3. The fourth-order valence-electron chi connectivity index (χ4n) is 1.44. The van der Waals surface area contributed by atoms with E-state index in [4.69, 9.17) is 0 Å². The van der Waals surface area contributed by atoms with Gasteiger partial charge in [0, 0.05) is 13.1 Å². The number of nitrogens with zero attached hydrogens (tertiary/aromatic N) is 3. The van der Waals surface area contributed by atoms with Crippen molar-refractivity contribution in [1.29, 1.82) is 0 Å². The van der Waals surface area contributed by atoms with E-state index >= 15 is 0 Å². The molecule has 0 atom stereocenters. The molecule has 1 rings (SSSR count). The van der Waals surface area contributed by atoms with E-state index in [2.05, 4.69) is 51.3 Å². The number of nitrogens with one attached hydrogen (secondary N) is 3. The lowest BCUT2D eigenvalue weighted by molar-refractivity contribution is 0.816. The minimum atomic E-state index is 0.503. The lowest BCUT2D eigenvalue weighted by Crippen LogP contribution is -2.12. The highest BCUT2D eigenvalue weighted by Crippen LogP contribution is 2.09. The summed E-state index contributed by atoms with van der Waals surface area (Å²) in [7, 11) is 0. The minimum absolute atomic E-state index is 0.503. The maximum absolute atomic E-state index is 4.34. The molecule has 0 aliphatic carbocycles. The molecule has 19 heavy (non-hydrogen) atoms. The molecule has 0 unspecified atom stereocenters. The molecular formula is C13H24N6. The van der Waals surface area contributed by atoms with Crippen LogP contribution in [0.4, 0.5) is 17.8 Å². The number of unbranched alkanes of at least 4 members (excludes halogenated alkanes) is 2. The maximum Gasteiger partial charge on any atom is 0.233 e. The van der Waals surface area contributed by atoms with Gasteiger partial charge in [-0.15, -0.1) is 0 Å². The second-order valence-electron chi connectivity index (χ2n) is 4.22. The van der Waals surface area contributed by atoms with Gasteiger partial charge in [-0.05, 0) is 19.0 Å². The fourth-order valence-corrected chi connectivity index (χ4v) is 1.44. The van der Waals surface area contributed by atoms with E-state index in [1.807, 2.05) is 0 Å². The summed E-state index contributed by atoms with van der Waals surface area (Å²) in [6.45, 7) is 9.64. The van der Waals surface area contributed by atoms with Crippen molar-refractivity contribution in [3.8, 4) is 0 Å².